The lowest BCUT2D eigenvalue weighted by molar-refractivity contribution is 0.161. The molecule has 106 valence electrons. The third-order valence-electron chi connectivity index (χ3n) is 3.60. The summed E-state index contributed by atoms with van der Waals surface area (Å²) in [6.45, 7) is 0.812. The highest BCUT2D eigenvalue weighted by Crippen LogP contribution is 2.32. The first-order chi connectivity index (χ1) is 9.63. The van der Waals surface area contributed by atoms with Crippen LogP contribution in [0.2, 0.25) is 10.0 Å². The summed E-state index contributed by atoms with van der Waals surface area (Å²) in [5.74, 6) is 0. The van der Waals surface area contributed by atoms with Crippen molar-refractivity contribution in [2.45, 2.75) is 24.9 Å². The lowest BCUT2D eigenvalue weighted by atomic mass is 9.94. The van der Waals surface area contributed by atoms with Crippen LogP contribution in [0.3, 0.4) is 0 Å². The van der Waals surface area contributed by atoms with Crippen molar-refractivity contribution in [2.75, 3.05) is 6.54 Å². The molecule has 1 aromatic heterocycles. The Morgan fingerprint density at radius 1 is 1.25 bits per heavy atom. The van der Waals surface area contributed by atoms with Gasteiger partial charge in [-0.1, -0.05) is 23.2 Å². The number of hydrogen-bond acceptors (Lipinski definition) is 3. The molecule has 0 aliphatic carbocycles. The van der Waals surface area contributed by atoms with Gasteiger partial charge in [0.2, 0.25) is 0 Å². The first kappa shape index (κ1) is 13.7. The van der Waals surface area contributed by atoms with E-state index in [9.17, 15) is 4.79 Å². The summed E-state index contributed by atoms with van der Waals surface area (Å²) in [6.07, 6.45) is 3.05. The van der Waals surface area contributed by atoms with E-state index in [1.54, 1.807) is 6.07 Å². The third-order valence-corrected chi connectivity index (χ3v) is 4.03. The van der Waals surface area contributed by atoms with E-state index in [1.807, 2.05) is 12.1 Å². The fraction of sp³-hybridized carbons (Fsp3) is 0.357. The van der Waals surface area contributed by atoms with Crippen molar-refractivity contribution in [3.05, 3.63) is 56.5 Å². The average Bonchev–Trinajstić information content (AvgIpc) is 2.84. The molecular formula is C14H14Cl2N2O2. The predicted molar refractivity (Wildman–Crippen MR) is 78.4 cm³/mol. The number of aromatic nitrogens is 1. The molecule has 1 aromatic carbocycles. The Morgan fingerprint density at radius 2 is 2.00 bits per heavy atom. The largest absolute Gasteiger partial charge is 0.384 e. The van der Waals surface area contributed by atoms with Crippen LogP contribution in [0.25, 0.3) is 0 Å². The molecule has 4 nitrogen and oxygen atoms in total. The molecular weight excluding hydrogens is 299 g/mol. The van der Waals surface area contributed by atoms with E-state index >= 15 is 0 Å². The number of halogens is 2. The van der Waals surface area contributed by atoms with Crippen LogP contribution in [-0.2, 0) is 0 Å². The number of rotatable bonds is 2. The second-order valence-electron chi connectivity index (χ2n) is 4.96. The van der Waals surface area contributed by atoms with Crippen LogP contribution >= 0.6 is 23.2 Å². The highest BCUT2D eigenvalue weighted by molar-refractivity contribution is 6.34. The molecule has 1 saturated heterocycles. The topological polar surface area (TPSA) is 47.2 Å². The van der Waals surface area contributed by atoms with Crippen molar-refractivity contribution in [1.82, 2.24) is 10.1 Å². The van der Waals surface area contributed by atoms with Crippen molar-refractivity contribution in [3.8, 4) is 0 Å². The Balaban J connectivity index is 1.85. The summed E-state index contributed by atoms with van der Waals surface area (Å²) in [6, 6.07) is 7.12. The molecule has 1 fully saturated rings. The minimum atomic E-state index is -0.0974. The number of benzene rings is 1. The van der Waals surface area contributed by atoms with Gasteiger partial charge in [-0.3, -0.25) is 4.79 Å². The molecule has 2 heterocycles. The maximum Gasteiger partial charge on any atom is 0.282 e. The van der Waals surface area contributed by atoms with Crippen LogP contribution in [0, 0.1) is 0 Å². The molecule has 2 atom stereocenters. The highest BCUT2D eigenvalue weighted by atomic mass is 35.5. The molecule has 0 bridgehead atoms. The zero-order valence-corrected chi connectivity index (χ0v) is 12.2. The van der Waals surface area contributed by atoms with Crippen molar-refractivity contribution in [1.29, 1.82) is 0 Å². The SMILES string of the molecule is O=c1ccon1[C@H]1CCN[C@@H](c2cc(Cl)cc(Cl)c2)C1. The van der Waals surface area contributed by atoms with Gasteiger partial charge in [-0.2, -0.15) is 4.74 Å². The summed E-state index contributed by atoms with van der Waals surface area (Å²) in [5, 5.41) is 4.66. The van der Waals surface area contributed by atoms with Crippen molar-refractivity contribution < 1.29 is 4.52 Å². The Morgan fingerprint density at radius 3 is 2.65 bits per heavy atom. The summed E-state index contributed by atoms with van der Waals surface area (Å²) in [5.41, 5.74) is 0.937. The Hall–Kier alpha value is -1.23. The zero-order valence-electron chi connectivity index (χ0n) is 10.7. The van der Waals surface area contributed by atoms with Gasteiger partial charge in [-0.25, -0.2) is 0 Å². The minimum absolute atomic E-state index is 0.0570. The normalized spacial score (nSPS) is 22.9. The molecule has 1 N–H and O–H groups in total. The van der Waals surface area contributed by atoms with Crippen molar-refractivity contribution in [3.63, 3.8) is 0 Å². The Bertz CT molecular complexity index is 645. The predicted octanol–water partition coefficient (Wildman–Crippen LogP) is 3.41. The van der Waals surface area contributed by atoms with Gasteiger partial charge in [0.05, 0.1) is 6.04 Å². The maximum absolute atomic E-state index is 11.7. The second-order valence-corrected chi connectivity index (χ2v) is 5.83. The van der Waals surface area contributed by atoms with E-state index < -0.39 is 0 Å². The standard InChI is InChI=1S/C14H14Cl2N2O2/c15-10-5-9(6-11(16)7-10)13-8-12(1-3-17-13)18-14(19)2-4-20-18/h2,4-7,12-13,17H,1,3,8H2/t12-,13+/m0/s1. The van der Waals surface area contributed by atoms with Crippen molar-refractivity contribution in [2.24, 2.45) is 0 Å². The zero-order chi connectivity index (χ0) is 14.1. The van der Waals surface area contributed by atoms with Gasteiger partial charge in [-0.05, 0) is 43.1 Å². The Labute approximate surface area is 126 Å². The molecule has 0 spiro atoms. The molecule has 1 aliphatic rings. The molecule has 6 heteroatoms. The average molecular weight is 313 g/mol. The molecule has 0 radical (unpaired) electrons. The van der Waals surface area contributed by atoms with Gasteiger partial charge in [-0.15, -0.1) is 0 Å². The summed E-state index contributed by atoms with van der Waals surface area (Å²) >= 11 is 12.1. The lowest BCUT2D eigenvalue weighted by Gasteiger charge is -2.30. The molecule has 3 rings (SSSR count). The van der Waals surface area contributed by atoms with Crippen LogP contribution in [0.5, 0.6) is 0 Å². The van der Waals surface area contributed by atoms with Gasteiger partial charge >= 0.3 is 0 Å². The number of nitrogens with zero attached hydrogens (tertiary/aromatic N) is 1. The van der Waals surface area contributed by atoms with E-state index in [1.165, 1.54) is 17.1 Å². The van der Waals surface area contributed by atoms with E-state index in [-0.39, 0.29) is 17.6 Å². The lowest BCUT2D eigenvalue weighted by Crippen LogP contribution is -2.35. The number of hydrogen-bond donors (Lipinski definition) is 1. The highest BCUT2D eigenvalue weighted by Gasteiger charge is 2.26. The maximum atomic E-state index is 11.7. The first-order valence-electron chi connectivity index (χ1n) is 6.49. The van der Waals surface area contributed by atoms with Crippen LogP contribution < -0.4 is 10.9 Å². The number of piperidine rings is 1. The monoisotopic (exact) mass is 312 g/mol. The van der Waals surface area contributed by atoms with Gasteiger partial charge in [0.15, 0.2) is 0 Å². The van der Waals surface area contributed by atoms with Gasteiger partial charge in [0, 0.05) is 22.2 Å². The van der Waals surface area contributed by atoms with Gasteiger partial charge in [0.1, 0.15) is 6.26 Å². The molecule has 0 unspecified atom stereocenters. The molecule has 0 saturated carbocycles. The second kappa shape index (κ2) is 5.64. The van der Waals surface area contributed by atoms with Crippen LogP contribution in [0.1, 0.15) is 30.5 Å². The molecule has 20 heavy (non-hydrogen) atoms. The molecule has 1 aliphatic heterocycles. The Kier molecular flexibility index (Phi) is 3.87. The van der Waals surface area contributed by atoms with Crippen LogP contribution in [0.4, 0.5) is 0 Å². The van der Waals surface area contributed by atoms with Gasteiger partial charge < -0.3 is 9.84 Å². The van der Waals surface area contributed by atoms with Gasteiger partial charge in [0.25, 0.3) is 5.56 Å². The van der Waals surface area contributed by atoms with E-state index in [2.05, 4.69) is 5.32 Å². The summed E-state index contributed by atoms with van der Waals surface area (Å²) in [7, 11) is 0. The molecule has 0 amide bonds. The first-order valence-corrected chi connectivity index (χ1v) is 7.25. The van der Waals surface area contributed by atoms with E-state index in [0.29, 0.717) is 10.0 Å². The quantitative estimate of drug-likeness (QED) is 0.924. The summed E-state index contributed by atoms with van der Waals surface area (Å²) in [4.78, 5) is 11.7. The molecule has 2 aromatic rings. The summed E-state index contributed by atoms with van der Waals surface area (Å²) < 4.78 is 6.70. The van der Waals surface area contributed by atoms with E-state index in [4.69, 9.17) is 27.7 Å². The van der Waals surface area contributed by atoms with E-state index in [0.717, 1.165) is 24.9 Å². The fourth-order valence-electron chi connectivity index (χ4n) is 2.69. The number of nitrogens with one attached hydrogen (secondary N) is 1. The van der Waals surface area contributed by atoms with Crippen LogP contribution in [0.15, 0.2) is 39.8 Å². The third kappa shape index (κ3) is 2.77. The fourth-order valence-corrected chi connectivity index (χ4v) is 3.23. The van der Waals surface area contributed by atoms with Crippen LogP contribution in [-0.4, -0.2) is 11.3 Å². The smallest absolute Gasteiger partial charge is 0.282 e. The minimum Gasteiger partial charge on any atom is -0.384 e. The van der Waals surface area contributed by atoms with Crippen molar-refractivity contribution >= 4 is 23.2 Å².